The van der Waals surface area contributed by atoms with Crippen LogP contribution < -0.4 is 9.47 Å². The Labute approximate surface area is 168 Å². The number of methoxy groups -OCH3 is 2. The first-order chi connectivity index (χ1) is 14.0. The lowest BCUT2D eigenvalue weighted by molar-refractivity contribution is -0.134. The lowest BCUT2D eigenvalue weighted by Gasteiger charge is -2.36. The lowest BCUT2D eigenvalue weighted by atomic mass is 9.92. The van der Waals surface area contributed by atoms with Gasteiger partial charge in [-0.3, -0.25) is 19.3 Å². The second-order valence-electron chi connectivity index (χ2n) is 7.16. The number of imide groups is 1. The van der Waals surface area contributed by atoms with Gasteiger partial charge in [0.1, 0.15) is 6.54 Å². The molecule has 0 saturated carbocycles. The predicted octanol–water partition coefficient (Wildman–Crippen LogP) is 2.45. The zero-order valence-electron chi connectivity index (χ0n) is 16.6. The van der Waals surface area contributed by atoms with Crippen LogP contribution in [0.1, 0.15) is 44.8 Å². The van der Waals surface area contributed by atoms with Crippen molar-refractivity contribution < 1.29 is 23.9 Å². The van der Waals surface area contributed by atoms with Crippen molar-refractivity contribution in [2.75, 3.05) is 27.3 Å². The van der Waals surface area contributed by atoms with E-state index in [9.17, 15) is 14.4 Å². The van der Waals surface area contributed by atoms with Crippen molar-refractivity contribution in [1.82, 2.24) is 9.80 Å². The van der Waals surface area contributed by atoms with Gasteiger partial charge in [-0.25, -0.2) is 0 Å². The quantitative estimate of drug-likeness (QED) is 0.745. The Morgan fingerprint density at radius 3 is 2.21 bits per heavy atom. The summed E-state index contributed by atoms with van der Waals surface area (Å²) >= 11 is 0. The third kappa shape index (κ3) is 3.03. The van der Waals surface area contributed by atoms with Crippen LogP contribution in [0.3, 0.4) is 0 Å². The highest BCUT2D eigenvalue weighted by atomic mass is 16.5. The van der Waals surface area contributed by atoms with E-state index in [-0.39, 0.29) is 18.5 Å². The highest BCUT2D eigenvalue weighted by Gasteiger charge is 2.38. The number of benzene rings is 2. The topological polar surface area (TPSA) is 76.2 Å². The van der Waals surface area contributed by atoms with Crippen LogP contribution in [-0.4, -0.2) is 54.8 Å². The predicted molar refractivity (Wildman–Crippen MR) is 105 cm³/mol. The van der Waals surface area contributed by atoms with Crippen molar-refractivity contribution in [2.45, 2.75) is 19.4 Å². The van der Waals surface area contributed by atoms with E-state index in [0.29, 0.717) is 35.6 Å². The molecule has 2 aliphatic heterocycles. The van der Waals surface area contributed by atoms with Gasteiger partial charge in [0.2, 0.25) is 5.91 Å². The van der Waals surface area contributed by atoms with E-state index in [1.807, 2.05) is 19.1 Å². The van der Waals surface area contributed by atoms with Gasteiger partial charge in [-0.05, 0) is 48.7 Å². The number of rotatable bonds is 4. The number of fused-ring (bicyclic) bond motifs is 2. The number of nitrogens with zero attached hydrogens (tertiary/aromatic N) is 2. The number of carbonyl (C=O) groups excluding carboxylic acids is 3. The molecule has 2 aromatic rings. The molecule has 4 rings (SSSR count). The molecule has 150 valence electrons. The molecule has 2 aliphatic rings. The Balaban J connectivity index is 1.55. The fourth-order valence-corrected chi connectivity index (χ4v) is 4.09. The molecular formula is C22H22N2O5. The van der Waals surface area contributed by atoms with E-state index in [0.717, 1.165) is 16.0 Å². The summed E-state index contributed by atoms with van der Waals surface area (Å²) in [6, 6.07) is 10.3. The minimum atomic E-state index is -0.421. The van der Waals surface area contributed by atoms with Gasteiger partial charge < -0.3 is 14.4 Å². The van der Waals surface area contributed by atoms with Crippen molar-refractivity contribution in [3.8, 4) is 11.5 Å². The van der Waals surface area contributed by atoms with Gasteiger partial charge >= 0.3 is 0 Å². The highest BCUT2D eigenvalue weighted by Crippen LogP contribution is 2.38. The van der Waals surface area contributed by atoms with Crippen LogP contribution in [0.15, 0.2) is 36.4 Å². The molecule has 2 heterocycles. The van der Waals surface area contributed by atoms with Crippen LogP contribution in [0.4, 0.5) is 0 Å². The Hall–Kier alpha value is -3.35. The summed E-state index contributed by atoms with van der Waals surface area (Å²) < 4.78 is 10.8. The Bertz CT molecular complexity index is 981. The second-order valence-corrected chi connectivity index (χ2v) is 7.16. The van der Waals surface area contributed by atoms with Crippen LogP contribution in [-0.2, 0) is 11.2 Å². The monoisotopic (exact) mass is 394 g/mol. The summed E-state index contributed by atoms with van der Waals surface area (Å²) in [6.45, 7) is 2.18. The third-order valence-electron chi connectivity index (χ3n) is 5.68. The molecule has 0 N–H and O–H groups in total. The van der Waals surface area contributed by atoms with Crippen LogP contribution in [0.2, 0.25) is 0 Å². The molecule has 0 fully saturated rings. The minimum absolute atomic E-state index is 0.207. The van der Waals surface area contributed by atoms with E-state index in [1.54, 1.807) is 43.4 Å². The Kier molecular flexibility index (Phi) is 4.74. The fraction of sp³-hybridized carbons (Fsp3) is 0.318. The first kappa shape index (κ1) is 19.0. The molecule has 7 nitrogen and oxygen atoms in total. The van der Waals surface area contributed by atoms with Gasteiger partial charge in [0.15, 0.2) is 11.5 Å². The smallest absolute Gasteiger partial charge is 0.262 e. The summed E-state index contributed by atoms with van der Waals surface area (Å²) in [5, 5.41) is 0. The summed E-state index contributed by atoms with van der Waals surface area (Å²) in [6.07, 6.45) is 0.661. The van der Waals surface area contributed by atoms with Crippen LogP contribution in [0, 0.1) is 0 Å². The average molecular weight is 394 g/mol. The van der Waals surface area contributed by atoms with E-state index >= 15 is 0 Å². The van der Waals surface area contributed by atoms with Crippen LogP contribution >= 0.6 is 0 Å². The first-order valence-corrected chi connectivity index (χ1v) is 9.45. The van der Waals surface area contributed by atoms with Gasteiger partial charge in [-0.15, -0.1) is 0 Å². The standard InChI is InChI=1S/C22H22N2O5/c1-13-17-11-19(29-3)18(28-2)10-14(17)8-9-23(13)20(25)12-24-21(26)15-6-4-5-7-16(15)22(24)27/h4-7,10-11,13H,8-9,12H2,1-3H3/t13-/m1/s1. The molecule has 0 spiro atoms. The Morgan fingerprint density at radius 1 is 1.03 bits per heavy atom. The maximum absolute atomic E-state index is 13.0. The molecule has 1 atom stereocenters. The molecule has 3 amide bonds. The molecule has 0 radical (unpaired) electrons. The molecule has 0 unspecified atom stereocenters. The lowest BCUT2D eigenvalue weighted by Crippen LogP contribution is -2.46. The van der Waals surface area contributed by atoms with Crippen LogP contribution in [0.25, 0.3) is 0 Å². The molecule has 0 bridgehead atoms. The molecular weight excluding hydrogens is 372 g/mol. The van der Waals surface area contributed by atoms with Gasteiger partial charge in [-0.2, -0.15) is 0 Å². The maximum atomic E-state index is 13.0. The van der Waals surface area contributed by atoms with E-state index in [2.05, 4.69) is 0 Å². The van der Waals surface area contributed by atoms with E-state index < -0.39 is 11.8 Å². The second kappa shape index (κ2) is 7.24. The largest absolute Gasteiger partial charge is 0.493 e. The highest BCUT2D eigenvalue weighted by molar-refractivity contribution is 6.22. The summed E-state index contributed by atoms with van der Waals surface area (Å²) in [4.78, 5) is 40.9. The third-order valence-corrected chi connectivity index (χ3v) is 5.68. The zero-order chi connectivity index (χ0) is 20.7. The number of ether oxygens (including phenoxy) is 2. The summed E-state index contributed by atoms with van der Waals surface area (Å²) in [7, 11) is 3.16. The van der Waals surface area contributed by atoms with Gasteiger partial charge in [0, 0.05) is 6.54 Å². The number of amides is 3. The molecule has 0 saturated heterocycles. The SMILES string of the molecule is COc1cc2c(cc1OC)[C@@H](C)N(C(=O)CN1C(=O)c3ccccc3C1=O)CC2. The van der Waals surface area contributed by atoms with Crippen molar-refractivity contribution in [1.29, 1.82) is 0 Å². The van der Waals surface area contributed by atoms with Gasteiger partial charge in [0.25, 0.3) is 11.8 Å². The number of hydrogen-bond acceptors (Lipinski definition) is 5. The maximum Gasteiger partial charge on any atom is 0.262 e. The number of carbonyl (C=O) groups is 3. The van der Waals surface area contributed by atoms with Crippen LogP contribution in [0.5, 0.6) is 11.5 Å². The summed E-state index contributed by atoms with van der Waals surface area (Å²) in [5.74, 6) is 0.162. The molecule has 7 heteroatoms. The molecule has 0 aromatic heterocycles. The number of hydrogen-bond donors (Lipinski definition) is 0. The molecule has 29 heavy (non-hydrogen) atoms. The van der Waals surface area contributed by atoms with Crippen molar-refractivity contribution in [2.24, 2.45) is 0 Å². The minimum Gasteiger partial charge on any atom is -0.493 e. The zero-order valence-corrected chi connectivity index (χ0v) is 16.6. The Morgan fingerprint density at radius 2 is 1.62 bits per heavy atom. The normalized spacial score (nSPS) is 17.8. The van der Waals surface area contributed by atoms with Crippen molar-refractivity contribution in [3.05, 3.63) is 58.7 Å². The van der Waals surface area contributed by atoms with E-state index in [4.69, 9.17) is 9.47 Å². The van der Waals surface area contributed by atoms with E-state index in [1.165, 1.54) is 0 Å². The first-order valence-electron chi connectivity index (χ1n) is 9.45. The van der Waals surface area contributed by atoms with Crippen molar-refractivity contribution >= 4 is 17.7 Å². The van der Waals surface area contributed by atoms with Gasteiger partial charge in [-0.1, -0.05) is 12.1 Å². The average Bonchev–Trinajstić information content (AvgIpc) is 2.98. The fourth-order valence-electron chi connectivity index (χ4n) is 4.09. The molecule has 2 aromatic carbocycles. The summed E-state index contributed by atoms with van der Waals surface area (Å²) in [5.41, 5.74) is 2.77. The van der Waals surface area contributed by atoms with Crippen molar-refractivity contribution in [3.63, 3.8) is 0 Å². The molecule has 0 aliphatic carbocycles. The van der Waals surface area contributed by atoms with Gasteiger partial charge in [0.05, 0.1) is 31.4 Å².